The number of hydrogen-bond acceptors (Lipinski definition) is 1. The molecule has 0 aromatic heterocycles. The molecule has 2 saturated carbocycles. The first kappa shape index (κ1) is 24.9. The van der Waals surface area contributed by atoms with E-state index in [0.29, 0.717) is 17.6 Å². The molecule has 2 fully saturated rings. The van der Waals surface area contributed by atoms with Crippen LogP contribution >= 0.6 is 0 Å². The normalized spacial score (nSPS) is 20.0. The number of carbonyl (C=O) groups is 1. The average Bonchev–Trinajstić information content (AvgIpc) is 2.78. The second-order valence-corrected chi connectivity index (χ2v) is 10.4. The van der Waals surface area contributed by atoms with Crippen LogP contribution in [0.5, 0.6) is 0 Å². The highest BCUT2D eigenvalue weighted by Gasteiger charge is 2.33. The van der Waals surface area contributed by atoms with Crippen LogP contribution in [0.3, 0.4) is 0 Å². The van der Waals surface area contributed by atoms with Crippen LogP contribution in [0, 0.1) is 17.8 Å². The van der Waals surface area contributed by atoms with E-state index in [0.717, 1.165) is 5.92 Å². The fourth-order valence-electron chi connectivity index (χ4n) is 6.04. The lowest BCUT2D eigenvalue weighted by molar-refractivity contribution is -0.130. The molecule has 2 aliphatic carbocycles. The molecule has 0 aromatic rings. The van der Waals surface area contributed by atoms with Crippen LogP contribution in [0.15, 0.2) is 0 Å². The third-order valence-electron chi connectivity index (χ3n) is 7.96. The SMILES string of the molecule is CCCCCCCCCCCCCCC(C(=O)C1CCCCC1)C1CCCCC1. The Kier molecular flexibility index (Phi) is 14.1. The van der Waals surface area contributed by atoms with Gasteiger partial charge in [0.15, 0.2) is 0 Å². The number of carbonyl (C=O) groups excluding carboxylic acids is 1. The van der Waals surface area contributed by atoms with Crippen molar-refractivity contribution in [1.29, 1.82) is 0 Å². The summed E-state index contributed by atoms with van der Waals surface area (Å²) in [6, 6.07) is 0. The molecule has 0 radical (unpaired) electrons. The summed E-state index contributed by atoms with van der Waals surface area (Å²) >= 11 is 0. The number of Topliss-reactive ketones (excluding diaryl/α,β-unsaturated/α-hetero) is 1. The van der Waals surface area contributed by atoms with Crippen LogP contribution in [-0.4, -0.2) is 5.78 Å². The van der Waals surface area contributed by atoms with Gasteiger partial charge in [-0.1, -0.05) is 122 Å². The Morgan fingerprint density at radius 1 is 0.621 bits per heavy atom. The summed E-state index contributed by atoms with van der Waals surface area (Å²) in [7, 11) is 0. The second kappa shape index (κ2) is 16.4. The molecule has 1 heteroatoms. The van der Waals surface area contributed by atoms with Crippen molar-refractivity contribution >= 4 is 5.78 Å². The lowest BCUT2D eigenvalue weighted by Gasteiger charge is -2.33. The molecule has 170 valence electrons. The van der Waals surface area contributed by atoms with Crippen molar-refractivity contribution in [3.05, 3.63) is 0 Å². The smallest absolute Gasteiger partial charge is 0.139 e. The van der Waals surface area contributed by atoms with Crippen LogP contribution in [0.25, 0.3) is 0 Å². The Hall–Kier alpha value is -0.330. The minimum absolute atomic E-state index is 0.418. The average molecular weight is 405 g/mol. The molecule has 29 heavy (non-hydrogen) atoms. The zero-order valence-corrected chi connectivity index (χ0v) is 19.9. The van der Waals surface area contributed by atoms with Gasteiger partial charge in [-0.15, -0.1) is 0 Å². The maximum absolute atomic E-state index is 13.3. The van der Waals surface area contributed by atoms with Crippen LogP contribution in [-0.2, 0) is 4.79 Å². The zero-order chi connectivity index (χ0) is 20.6. The molecule has 0 spiro atoms. The fourth-order valence-corrected chi connectivity index (χ4v) is 6.04. The van der Waals surface area contributed by atoms with Crippen LogP contribution in [0.4, 0.5) is 0 Å². The molecule has 2 aliphatic rings. The molecule has 1 nitrogen and oxygen atoms in total. The first-order valence-electron chi connectivity index (χ1n) is 13.9. The minimum atomic E-state index is 0.418. The van der Waals surface area contributed by atoms with Crippen molar-refractivity contribution in [2.75, 3.05) is 0 Å². The number of unbranched alkanes of at least 4 members (excludes halogenated alkanes) is 11. The Bertz CT molecular complexity index is 389. The molecular formula is C28H52O. The van der Waals surface area contributed by atoms with Gasteiger partial charge in [0.1, 0.15) is 5.78 Å². The molecule has 0 N–H and O–H groups in total. The van der Waals surface area contributed by atoms with E-state index in [2.05, 4.69) is 6.92 Å². The summed E-state index contributed by atoms with van der Waals surface area (Å²) in [6.45, 7) is 2.29. The van der Waals surface area contributed by atoms with Gasteiger partial charge in [-0.3, -0.25) is 4.79 Å². The van der Waals surface area contributed by atoms with Gasteiger partial charge in [0.2, 0.25) is 0 Å². The predicted octanol–water partition coefficient (Wildman–Crippen LogP) is 9.42. The molecule has 0 aliphatic heterocycles. The Morgan fingerprint density at radius 2 is 1.07 bits per heavy atom. The summed E-state index contributed by atoms with van der Waals surface area (Å²) in [6.07, 6.45) is 31.3. The standard InChI is InChI=1S/C28H52O/c1-2-3-4-5-6-7-8-9-10-11-12-19-24-27(25-20-15-13-16-21-25)28(29)26-22-17-14-18-23-26/h25-27H,2-24H2,1H3. The molecule has 0 bridgehead atoms. The van der Waals surface area contributed by atoms with Crippen molar-refractivity contribution in [3.63, 3.8) is 0 Å². The molecule has 0 amide bonds. The van der Waals surface area contributed by atoms with Gasteiger partial charge in [-0.05, 0) is 38.0 Å². The van der Waals surface area contributed by atoms with Crippen molar-refractivity contribution < 1.29 is 4.79 Å². The lowest BCUT2D eigenvalue weighted by atomic mass is 9.71. The quantitative estimate of drug-likeness (QED) is 0.234. The van der Waals surface area contributed by atoms with Crippen molar-refractivity contribution in [2.45, 2.75) is 155 Å². The Labute approximate surface area is 183 Å². The highest BCUT2D eigenvalue weighted by molar-refractivity contribution is 5.83. The molecule has 0 aromatic carbocycles. The first-order valence-corrected chi connectivity index (χ1v) is 13.9. The Balaban J connectivity index is 1.58. The van der Waals surface area contributed by atoms with E-state index in [-0.39, 0.29) is 0 Å². The van der Waals surface area contributed by atoms with Crippen LogP contribution < -0.4 is 0 Å². The van der Waals surface area contributed by atoms with Crippen molar-refractivity contribution in [3.8, 4) is 0 Å². The molecule has 0 saturated heterocycles. The largest absolute Gasteiger partial charge is 0.299 e. The van der Waals surface area contributed by atoms with E-state index in [1.165, 1.54) is 148 Å². The van der Waals surface area contributed by atoms with Crippen LogP contribution in [0.2, 0.25) is 0 Å². The highest BCUT2D eigenvalue weighted by Crippen LogP contribution is 2.37. The first-order chi connectivity index (χ1) is 14.3. The summed E-state index contributed by atoms with van der Waals surface area (Å²) in [4.78, 5) is 13.3. The second-order valence-electron chi connectivity index (χ2n) is 10.4. The number of rotatable bonds is 16. The summed E-state index contributed by atoms with van der Waals surface area (Å²) < 4.78 is 0. The molecule has 1 atom stereocenters. The maximum Gasteiger partial charge on any atom is 0.139 e. The Morgan fingerprint density at radius 3 is 1.59 bits per heavy atom. The third-order valence-corrected chi connectivity index (χ3v) is 7.96. The van der Waals surface area contributed by atoms with Gasteiger partial charge in [0.25, 0.3) is 0 Å². The fraction of sp³-hybridized carbons (Fsp3) is 0.964. The maximum atomic E-state index is 13.3. The molecule has 0 heterocycles. The van der Waals surface area contributed by atoms with Gasteiger partial charge in [-0.2, -0.15) is 0 Å². The van der Waals surface area contributed by atoms with Crippen molar-refractivity contribution in [1.82, 2.24) is 0 Å². The summed E-state index contributed by atoms with van der Waals surface area (Å²) in [5.74, 6) is 2.26. The van der Waals surface area contributed by atoms with E-state index in [1.54, 1.807) is 0 Å². The third kappa shape index (κ3) is 10.5. The molecule has 2 rings (SSSR count). The van der Waals surface area contributed by atoms with Gasteiger partial charge in [-0.25, -0.2) is 0 Å². The van der Waals surface area contributed by atoms with Crippen molar-refractivity contribution in [2.24, 2.45) is 17.8 Å². The predicted molar refractivity (Wildman–Crippen MR) is 127 cm³/mol. The summed E-state index contributed by atoms with van der Waals surface area (Å²) in [5, 5.41) is 0. The zero-order valence-electron chi connectivity index (χ0n) is 19.9. The number of ketones is 1. The van der Waals surface area contributed by atoms with Gasteiger partial charge in [0, 0.05) is 11.8 Å². The van der Waals surface area contributed by atoms with E-state index >= 15 is 0 Å². The van der Waals surface area contributed by atoms with Crippen LogP contribution in [0.1, 0.15) is 155 Å². The number of hydrogen-bond donors (Lipinski definition) is 0. The monoisotopic (exact) mass is 404 g/mol. The molecular weight excluding hydrogens is 352 g/mol. The highest BCUT2D eigenvalue weighted by atomic mass is 16.1. The van der Waals surface area contributed by atoms with E-state index in [9.17, 15) is 4.79 Å². The van der Waals surface area contributed by atoms with E-state index < -0.39 is 0 Å². The lowest BCUT2D eigenvalue weighted by Crippen LogP contribution is -2.32. The van der Waals surface area contributed by atoms with E-state index in [1.807, 2.05) is 0 Å². The topological polar surface area (TPSA) is 17.1 Å². The molecule has 1 unspecified atom stereocenters. The minimum Gasteiger partial charge on any atom is -0.299 e. The van der Waals surface area contributed by atoms with Gasteiger partial charge < -0.3 is 0 Å². The van der Waals surface area contributed by atoms with Gasteiger partial charge >= 0.3 is 0 Å². The summed E-state index contributed by atoms with van der Waals surface area (Å²) in [5.41, 5.74) is 0. The van der Waals surface area contributed by atoms with Gasteiger partial charge in [0.05, 0.1) is 0 Å². The van der Waals surface area contributed by atoms with E-state index in [4.69, 9.17) is 0 Å².